The van der Waals surface area contributed by atoms with Crippen LogP contribution in [0, 0.1) is 0 Å². The molecule has 0 aliphatic rings. The lowest BCUT2D eigenvalue weighted by molar-refractivity contribution is -0.721. The van der Waals surface area contributed by atoms with Crippen LogP contribution in [0.2, 0.25) is 13.1 Å². The van der Waals surface area contributed by atoms with Crippen LogP contribution in [0.5, 0.6) is 0 Å². The molecule has 0 aliphatic heterocycles. The summed E-state index contributed by atoms with van der Waals surface area (Å²) in [5.41, 5.74) is 0. The zero-order valence-corrected chi connectivity index (χ0v) is 12.0. The Morgan fingerprint density at radius 3 is 2.17 bits per heavy atom. The number of rotatable bonds is 5. The van der Waals surface area contributed by atoms with Gasteiger partial charge in [0.25, 0.3) is 0 Å². The predicted molar refractivity (Wildman–Crippen MR) is 60.4 cm³/mol. The van der Waals surface area contributed by atoms with E-state index < -0.39 is 8.96 Å². The smallest absolute Gasteiger partial charge is 0.388 e. The molecule has 12 heavy (non-hydrogen) atoms. The molecule has 4 heteroatoms. The van der Waals surface area contributed by atoms with Crippen LogP contribution in [0.3, 0.4) is 0 Å². The van der Waals surface area contributed by atoms with Crippen molar-refractivity contribution in [1.29, 1.82) is 0 Å². The third-order valence-corrected chi connectivity index (χ3v) is 10.4. The van der Waals surface area contributed by atoms with Gasteiger partial charge >= 0.3 is 9.92 Å². The summed E-state index contributed by atoms with van der Waals surface area (Å²) in [6.07, 6.45) is 0. The van der Waals surface area contributed by atoms with Crippen LogP contribution in [-0.4, -0.2) is 42.4 Å². The van der Waals surface area contributed by atoms with Crippen LogP contribution in [0.15, 0.2) is 0 Å². The van der Waals surface area contributed by atoms with Crippen molar-refractivity contribution in [2.75, 3.05) is 13.7 Å². The van der Waals surface area contributed by atoms with Gasteiger partial charge in [-0.05, 0) is 33.9 Å². The van der Waals surface area contributed by atoms with Crippen LogP contribution >= 0.6 is 0 Å². The minimum absolute atomic E-state index is 0.367. The van der Waals surface area contributed by atoms with Crippen LogP contribution in [0.25, 0.3) is 0 Å². The minimum atomic E-state index is -0.616. The summed E-state index contributed by atoms with van der Waals surface area (Å²) in [6, 6.07) is 0.745. The van der Waals surface area contributed by atoms with E-state index in [1.54, 1.807) is 0 Å². The molecule has 0 aromatic heterocycles. The maximum Gasteiger partial charge on any atom is 0.388 e. The third kappa shape index (κ3) is 3.01. The van der Waals surface area contributed by atoms with E-state index in [1.165, 1.54) is 3.81 Å². The summed E-state index contributed by atoms with van der Waals surface area (Å²) >= 11 is 0. The van der Waals surface area contributed by atoms with Crippen molar-refractivity contribution in [1.82, 2.24) is 0 Å². The summed E-state index contributed by atoms with van der Waals surface area (Å²) in [4.78, 5) is 0. The molecular weight excluding hydrogens is 182 g/mol. The molecule has 74 valence electrons. The molecule has 0 aliphatic carbocycles. The van der Waals surface area contributed by atoms with Gasteiger partial charge in [0, 0.05) is 13.7 Å². The van der Waals surface area contributed by atoms with E-state index >= 15 is 0 Å². The SMILES string of the molecule is CCO[SiH2][N+](C)(C(C)C)[SiH](C)C. The Hall–Kier alpha value is 0.354. The summed E-state index contributed by atoms with van der Waals surface area (Å²) in [5.74, 6) is 0. The second-order valence-corrected chi connectivity index (χ2v) is 10.3. The molecule has 0 saturated heterocycles. The van der Waals surface area contributed by atoms with Gasteiger partial charge in [-0.15, -0.1) is 0 Å². The average Bonchev–Trinajstić information content (AvgIpc) is 1.99. The monoisotopic (exact) mass is 206 g/mol. The zero-order chi connectivity index (χ0) is 9.78. The van der Waals surface area contributed by atoms with Crippen molar-refractivity contribution in [3.63, 3.8) is 0 Å². The van der Waals surface area contributed by atoms with Crippen molar-refractivity contribution in [3.8, 4) is 0 Å². The van der Waals surface area contributed by atoms with E-state index in [4.69, 9.17) is 4.43 Å². The normalized spacial score (nSPS) is 18.0. The molecule has 0 rings (SSSR count). The number of nitrogens with zero attached hydrogens (tertiary/aromatic N) is 1. The van der Waals surface area contributed by atoms with Crippen molar-refractivity contribution in [3.05, 3.63) is 0 Å². The Bertz CT molecular complexity index is 120. The molecule has 0 heterocycles. The Balaban J connectivity index is 4.19. The molecule has 0 N–H and O–H groups in total. The first-order chi connectivity index (χ1) is 5.45. The number of hydrogen-bond acceptors (Lipinski definition) is 1. The fraction of sp³-hybridized carbons (Fsp3) is 1.00. The Morgan fingerprint density at radius 2 is 1.92 bits per heavy atom. The van der Waals surface area contributed by atoms with Crippen molar-refractivity contribution in [2.24, 2.45) is 0 Å². The molecule has 2 nitrogen and oxygen atoms in total. The molecule has 0 fully saturated rings. The summed E-state index contributed by atoms with van der Waals surface area (Å²) in [7, 11) is 1.40. The van der Waals surface area contributed by atoms with Gasteiger partial charge in [0.15, 0.2) is 0 Å². The fourth-order valence-corrected chi connectivity index (χ4v) is 4.76. The topological polar surface area (TPSA) is 9.23 Å². The summed E-state index contributed by atoms with van der Waals surface area (Å²) in [6.45, 7) is 12.5. The maximum atomic E-state index is 5.67. The van der Waals surface area contributed by atoms with Crippen LogP contribution in [-0.2, 0) is 4.43 Å². The highest BCUT2D eigenvalue weighted by Gasteiger charge is 2.30. The first-order valence-electron chi connectivity index (χ1n) is 4.87. The molecule has 1 unspecified atom stereocenters. The minimum Gasteiger partial charge on any atom is -0.430 e. The van der Waals surface area contributed by atoms with Gasteiger partial charge in [-0.25, -0.2) is 0 Å². The van der Waals surface area contributed by atoms with E-state index in [2.05, 4.69) is 40.9 Å². The van der Waals surface area contributed by atoms with Crippen LogP contribution < -0.4 is 0 Å². The highest BCUT2D eigenvalue weighted by Crippen LogP contribution is 2.11. The number of quaternary nitrogens is 1. The lowest BCUT2D eigenvalue weighted by Gasteiger charge is -2.43. The number of hydrogen-bond donors (Lipinski definition) is 0. The average molecular weight is 206 g/mol. The van der Waals surface area contributed by atoms with E-state index in [1.807, 2.05) is 0 Å². The first kappa shape index (κ1) is 12.4. The van der Waals surface area contributed by atoms with Gasteiger partial charge in [0.05, 0.1) is 6.04 Å². The predicted octanol–water partition coefficient (Wildman–Crippen LogP) is 0.860. The largest absolute Gasteiger partial charge is 0.430 e. The zero-order valence-electron chi connectivity index (χ0n) is 9.42. The summed E-state index contributed by atoms with van der Waals surface area (Å²) < 4.78 is 6.94. The van der Waals surface area contributed by atoms with Gasteiger partial charge in [-0.1, -0.05) is 0 Å². The highest BCUT2D eigenvalue weighted by atomic mass is 28.3. The van der Waals surface area contributed by atoms with Crippen molar-refractivity contribution in [2.45, 2.75) is 39.9 Å². The Kier molecular flexibility index (Phi) is 5.32. The fourth-order valence-electron chi connectivity index (χ4n) is 1.18. The van der Waals surface area contributed by atoms with Gasteiger partial charge in [0.1, 0.15) is 0 Å². The highest BCUT2D eigenvalue weighted by molar-refractivity contribution is 6.53. The molecule has 1 atom stereocenters. The second-order valence-electron chi connectivity index (χ2n) is 4.16. The third-order valence-electron chi connectivity index (χ3n) is 2.93. The Labute approximate surface area is 81.2 Å². The van der Waals surface area contributed by atoms with Gasteiger partial charge in [-0.3, -0.25) is 0 Å². The first-order valence-corrected chi connectivity index (χ1v) is 8.91. The van der Waals surface area contributed by atoms with E-state index in [9.17, 15) is 0 Å². The lowest BCUT2D eigenvalue weighted by atomic mass is 10.4. The second kappa shape index (κ2) is 5.16. The quantitative estimate of drug-likeness (QED) is 0.606. The molecule has 0 radical (unpaired) electrons. The molecule has 0 bridgehead atoms. The molecule has 0 aromatic rings. The molecular formula is C8H24NOSi2+. The van der Waals surface area contributed by atoms with Gasteiger partial charge in [0.2, 0.25) is 8.96 Å². The lowest BCUT2D eigenvalue weighted by Crippen LogP contribution is -2.60. The standard InChI is InChI=1S/C8H24NOSi2/c1-7-10-11-9(4,8(2)3)12(5)6/h8,12H,7,11H2,1-6H3/q+1. The van der Waals surface area contributed by atoms with Crippen LogP contribution in [0.4, 0.5) is 0 Å². The summed E-state index contributed by atoms with van der Waals surface area (Å²) in [5, 5.41) is 0. The van der Waals surface area contributed by atoms with Crippen LogP contribution in [0.1, 0.15) is 20.8 Å². The van der Waals surface area contributed by atoms with E-state index in [-0.39, 0.29) is 9.92 Å². The van der Waals surface area contributed by atoms with Crippen molar-refractivity contribution < 1.29 is 8.24 Å². The maximum absolute atomic E-state index is 5.67. The van der Waals surface area contributed by atoms with E-state index in [0.717, 1.165) is 12.6 Å². The Morgan fingerprint density at radius 1 is 1.42 bits per heavy atom. The molecule has 0 amide bonds. The molecule has 0 spiro atoms. The molecule has 0 saturated carbocycles. The molecule has 0 aromatic carbocycles. The van der Waals surface area contributed by atoms with Gasteiger partial charge in [-0.2, -0.15) is 0 Å². The van der Waals surface area contributed by atoms with Crippen molar-refractivity contribution >= 4 is 18.9 Å². The van der Waals surface area contributed by atoms with Gasteiger partial charge < -0.3 is 8.24 Å². The van der Waals surface area contributed by atoms with E-state index in [0.29, 0.717) is 0 Å².